The number of carbonyl (C=O) groups excluding carboxylic acids is 1. The van der Waals surface area contributed by atoms with Gasteiger partial charge in [-0.3, -0.25) is 5.32 Å². The van der Waals surface area contributed by atoms with Gasteiger partial charge in [0.15, 0.2) is 6.61 Å². The Morgan fingerprint density at radius 3 is 2.52 bits per heavy atom. The van der Waals surface area contributed by atoms with Crippen LogP contribution in [0.3, 0.4) is 0 Å². The summed E-state index contributed by atoms with van der Waals surface area (Å²) in [6, 6.07) is 12.1. The Kier molecular flexibility index (Phi) is 4.30. The number of ether oxygens (including phenoxy) is 1. The van der Waals surface area contributed by atoms with Gasteiger partial charge in [0.05, 0.1) is 5.69 Å². The Morgan fingerprint density at radius 2 is 1.81 bits per heavy atom. The maximum Gasteiger partial charge on any atom is 0.411 e. The molecule has 0 aromatic heterocycles. The molecule has 0 heterocycles. The monoisotopic (exact) mass is 301 g/mol. The quantitative estimate of drug-likeness (QED) is 0.856. The van der Waals surface area contributed by atoms with Gasteiger partial charge in [-0.2, -0.15) is 8.78 Å². The molecule has 0 radical (unpaired) electrons. The van der Waals surface area contributed by atoms with Crippen molar-refractivity contribution < 1.29 is 27.1 Å². The van der Waals surface area contributed by atoms with Crippen molar-refractivity contribution in [2.75, 3.05) is 11.9 Å². The van der Waals surface area contributed by atoms with Crippen LogP contribution in [0.2, 0.25) is 0 Å². The predicted octanol–water partition coefficient (Wildman–Crippen LogP) is 4.29. The Labute approximate surface area is 117 Å². The van der Waals surface area contributed by atoms with Crippen molar-refractivity contribution in [3.05, 3.63) is 42.5 Å². The normalized spacial score (nSPS) is 11.7. The van der Waals surface area contributed by atoms with E-state index in [1.165, 1.54) is 0 Å². The number of rotatable bonds is 4. The summed E-state index contributed by atoms with van der Waals surface area (Å²) in [6.45, 7) is -1.68. The molecule has 2 rings (SSSR count). The van der Waals surface area contributed by atoms with Crippen LogP contribution in [0.1, 0.15) is 0 Å². The third-order valence-corrected chi connectivity index (χ3v) is 2.74. The molecule has 0 bridgehead atoms. The Morgan fingerprint density at radius 1 is 1.14 bits per heavy atom. The van der Waals surface area contributed by atoms with Crippen LogP contribution in [-0.4, -0.2) is 25.0 Å². The van der Waals surface area contributed by atoms with E-state index >= 15 is 0 Å². The smallest absolute Gasteiger partial charge is 0.411 e. The largest absolute Gasteiger partial charge is 0.443 e. The van der Waals surface area contributed by atoms with E-state index < -0.39 is 25.0 Å². The number of anilines is 1. The number of hydrogen-bond acceptors (Lipinski definition) is 2. The van der Waals surface area contributed by atoms with Crippen molar-refractivity contribution >= 4 is 22.6 Å². The van der Waals surface area contributed by atoms with Crippen LogP contribution in [0, 0.1) is 0 Å². The first-order valence-electron chi connectivity index (χ1n) is 5.97. The second-order valence-electron chi connectivity index (χ2n) is 4.29. The highest BCUT2D eigenvalue weighted by Gasteiger charge is 2.42. The molecule has 0 unspecified atom stereocenters. The van der Waals surface area contributed by atoms with E-state index in [4.69, 9.17) is 0 Å². The van der Waals surface area contributed by atoms with Crippen LogP contribution >= 0.6 is 0 Å². The zero-order chi connectivity index (χ0) is 15.5. The fourth-order valence-electron chi connectivity index (χ4n) is 1.71. The second kappa shape index (κ2) is 5.99. The van der Waals surface area contributed by atoms with Gasteiger partial charge in [0, 0.05) is 5.39 Å². The van der Waals surface area contributed by atoms with E-state index in [1.54, 1.807) is 42.5 Å². The molecule has 0 fully saturated rings. The highest BCUT2D eigenvalue weighted by molar-refractivity contribution is 6.00. The van der Waals surface area contributed by atoms with Gasteiger partial charge in [-0.15, -0.1) is 0 Å². The molecule has 2 aromatic rings. The van der Waals surface area contributed by atoms with Crippen molar-refractivity contribution in [2.45, 2.75) is 12.3 Å². The molecule has 0 aliphatic carbocycles. The maximum absolute atomic E-state index is 12.6. The highest BCUT2D eigenvalue weighted by atomic mass is 19.3. The van der Waals surface area contributed by atoms with E-state index in [1.807, 2.05) is 0 Å². The standard InChI is InChI=1S/C14H11F4NO2/c15-12(16)14(17,18)8-21-13(20)19-11-7-3-5-9-4-1-2-6-10(9)11/h1-7,12H,8H2,(H,19,20). The Balaban J connectivity index is 2.05. The molecule has 7 heteroatoms. The van der Waals surface area contributed by atoms with Crippen LogP contribution in [-0.2, 0) is 4.74 Å². The summed E-state index contributed by atoms with van der Waals surface area (Å²) in [6.07, 6.45) is -5.10. The van der Waals surface area contributed by atoms with E-state index in [0.717, 1.165) is 5.39 Å². The summed E-state index contributed by atoms with van der Waals surface area (Å²) < 4.78 is 53.3. The first-order chi connectivity index (χ1) is 9.90. The summed E-state index contributed by atoms with van der Waals surface area (Å²) in [5.41, 5.74) is 0.346. The molecule has 0 saturated carbocycles. The molecular weight excluding hydrogens is 290 g/mol. The molecule has 0 atom stereocenters. The maximum atomic E-state index is 12.6. The van der Waals surface area contributed by atoms with Gasteiger partial charge in [0.2, 0.25) is 0 Å². The van der Waals surface area contributed by atoms with Gasteiger partial charge in [0.25, 0.3) is 0 Å². The lowest BCUT2D eigenvalue weighted by molar-refractivity contribution is -0.153. The lowest BCUT2D eigenvalue weighted by Crippen LogP contribution is -2.34. The van der Waals surface area contributed by atoms with Crippen molar-refractivity contribution in [3.8, 4) is 0 Å². The van der Waals surface area contributed by atoms with Crippen LogP contribution in [0.25, 0.3) is 10.8 Å². The van der Waals surface area contributed by atoms with Gasteiger partial charge < -0.3 is 4.74 Å². The van der Waals surface area contributed by atoms with Gasteiger partial charge in [-0.25, -0.2) is 13.6 Å². The average Bonchev–Trinajstić information content (AvgIpc) is 2.45. The van der Waals surface area contributed by atoms with Gasteiger partial charge in [0.1, 0.15) is 0 Å². The fraction of sp³-hybridized carbons (Fsp3) is 0.214. The number of hydrogen-bond donors (Lipinski definition) is 1. The Hall–Kier alpha value is -2.31. The number of carbonyl (C=O) groups is 1. The van der Waals surface area contributed by atoms with E-state index in [-0.39, 0.29) is 0 Å². The van der Waals surface area contributed by atoms with Gasteiger partial charge in [-0.1, -0.05) is 36.4 Å². The molecule has 21 heavy (non-hydrogen) atoms. The molecule has 1 N–H and O–H groups in total. The summed E-state index contributed by atoms with van der Waals surface area (Å²) in [5.74, 6) is -4.36. The first-order valence-corrected chi connectivity index (χ1v) is 5.97. The molecule has 0 spiro atoms. The topological polar surface area (TPSA) is 38.3 Å². The minimum Gasteiger partial charge on any atom is -0.443 e. The van der Waals surface area contributed by atoms with Crippen molar-refractivity contribution in [1.82, 2.24) is 0 Å². The zero-order valence-corrected chi connectivity index (χ0v) is 10.7. The molecule has 0 aliphatic heterocycles. The molecule has 0 saturated heterocycles. The van der Waals surface area contributed by atoms with E-state index in [2.05, 4.69) is 10.1 Å². The lowest BCUT2D eigenvalue weighted by atomic mass is 10.1. The molecule has 0 aliphatic rings. The lowest BCUT2D eigenvalue weighted by Gasteiger charge is -2.15. The van der Waals surface area contributed by atoms with Crippen LogP contribution in [0.4, 0.5) is 28.0 Å². The number of nitrogens with one attached hydrogen (secondary N) is 1. The molecular formula is C14H11F4NO2. The number of amides is 1. The number of halogens is 4. The van der Waals surface area contributed by atoms with Crippen molar-refractivity contribution in [3.63, 3.8) is 0 Å². The van der Waals surface area contributed by atoms with Crippen LogP contribution in [0.15, 0.2) is 42.5 Å². The minimum absolute atomic E-state index is 0.346. The highest BCUT2D eigenvalue weighted by Crippen LogP contribution is 2.25. The first kappa shape index (κ1) is 15.1. The number of alkyl halides is 4. The molecule has 2 aromatic carbocycles. The second-order valence-corrected chi connectivity index (χ2v) is 4.29. The fourth-order valence-corrected chi connectivity index (χ4v) is 1.71. The summed E-state index contributed by atoms with van der Waals surface area (Å²) in [7, 11) is 0. The third-order valence-electron chi connectivity index (χ3n) is 2.74. The summed E-state index contributed by atoms with van der Waals surface area (Å²) in [5, 5.41) is 3.76. The number of benzene rings is 2. The average molecular weight is 301 g/mol. The van der Waals surface area contributed by atoms with E-state index in [9.17, 15) is 22.4 Å². The van der Waals surface area contributed by atoms with Gasteiger partial charge >= 0.3 is 18.4 Å². The van der Waals surface area contributed by atoms with Gasteiger partial charge in [-0.05, 0) is 11.5 Å². The zero-order valence-electron chi connectivity index (χ0n) is 10.7. The predicted molar refractivity (Wildman–Crippen MR) is 69.9 cm³/mol. The van der Waals surface area contributed by atoms with Crippen LogP contribution in [0.5, 0.6) is 0 Å². The molecule has 3 nitrogen and oxygen atoms in total. The Bertz CT molecular complexity index is 640. The van der Waals surface area contributed by atoms with Crippen molar-refractivity contribution in [2.24, 2.45) is 0 Å². The minimum atomic E-state index is -4.36. The summed E-state index contributed by atoms with van der Waals surface area (Å²) >= 11 is 0. The molecule has 112 valence electrons. The van der Waals surface area contributed by atoms with Crippen LogP contribution < -0.4 is 5.32 Å². The SMILES string of the molecule is O=C(Nc1cccc2ccccc12)OCC(F)(F)C(F)F. The third kappa shape index (κ3) is 3.62. The van der Waals surface area contributed by atoms with E-state index in [0.29, 0.717) is 11.1 Å². The van der Waals surface area contributed by atoms with Crippen molar-refractivity contribution in [1.29, 1.82) is 0 Å². The number of fused-ring (bicyclic) bond motifs is 1. The summed E-state index contributed by atoms with van der Waals surface area (Å²) in [4.78, 5) is 11.4. The molecule has 1 amide bonds.